The normalized spacial score (nSPS) is 27.7. The molecule has 0 aromatic rings. The smallest absolute Gasteiger partial charge is 0.0150 e. The molecule has 1 heteroatoms. The molecular formula is C14H21Cl. The standard InChI is InChI=1S/C14H21Cl/c1-9(2)11(5)12-7-14(6,10(3)4)13(12)8-15/h7-8,10H,1-6H3/b13-8+. The average Bonchev–Trinajstić information content (AvgIpc) is 2.12. The first-order valence-electron chi connectivity index (χ1n) is 5.53. The molecule has 0 saturated carbocycles. The fourth-order valence-corrected chi connectivity index (χ4v) is 2.25. The minimum atomic E-state index is 0.161. The van der Waals surface area contributed by atoms with Crippen LogP contribution in [0.25, 0.3) is 0 Å². The molecule has 1 aliphatic rings. The molecule has 0 nitrogen and oxygen atoms in total. The third kappa shape index (κ3) is 1.92. The van der Waals surface area contributed by atoms with Crippen molar-refractivity contribution in [2.75, 3.05) is 0 Å². The van der Waals surface area contributed by atoms with Gasteiger partial charge in [0.25, 0.3) is 0 Å². The summed E-state index contributed by atoms with van der Waals surface area (Å²) >= 11 is 5.95. The molecule has 15 heavy (non-hydrogen) atoms. The molecule has 0 radical (unpaired) electrons. The highest BCUT2D eigenvalue weighted by molar-refractivity contribution is 6.26. The number of hydrogen-bond donors (Lipinski definition) is 0. The molecule has 0 aromatic carbocycles. The molecule has 1 rings (SSSR count). The van der Waals surface area contributed by atoms with Gasteiger partial charge in [0.2, 0.25) is 0 Å². The Morgan fingerprint density at radius 3 is 2.20 bits per heavy atom. The molecule has 0 bridgehead atoms. The van der Waals surface area contributed by atoms with Crippen molar-refractivity contribution in [3.05, 3.63) is 33.9 Å². The van der Waals surface area contributed by atoms with Crippen LogP contribution in [0.2, 0.25) is 0 Å². The van der Waals surface area contributed by atoms with E-state index in [0.717, 1.165) is 0 Å². The summed E-state index contributed by atoms with van der Waals surface area (Å²) in [7, 11) is 0. The summed E-state index contributed by atoms with van der Waals surface area (Å²) in [5, 5.41) is 0. The minimum Gasteiger partial charge on any atom is -0.0926 e. The molecule has 1 atom stereocenters. The van der Waals surface area contributed by atoms with Crippen LogP contribution in [0.4, 0.5) is 0 Å². The molecule has 0 aromatic heterocycles. The fourth-order valence-electron chi connectivity index (χ4n) is 1.90. The summed E-state index contributed by atoms with van der Waals surface area (Å²) in [6, 6.07) is 0. The molecule has 84 valence electrons. The highest BCUT2D eigenvalue weighted by atomic mass is 35.5. The Morgan fingerprint density at radius 2 is 1.87 bits per heavy atom. The van der Waals surface area contributed by atoms with Crippen LogP contribution in [0, 0.1) is 11.3 Å². The number of allylic oxidation sites excluding steroid dienone is 5. The lowest BCUT2D eigenvalue weighted by molar-refractivity contribution is 0.338. The molecule has 1 aliphatic carbocycles. The van der Waals surface area contributed by atoms with Crippen LogP contribution in [-0.2, 0) is 0 Å². The van der Waals surface area contributed by atoms with E-state index in [0.29, 0.717) is 5.92 Å². The summed E-state index contributed by atoms with van der Waals surface area (Å²) in [4.78, 5) is 0. The second kappa shape index (κ2) is 4.17. The van der Waals surface area contributed by atoms with E-state index in [-0.39, 0.29) is 5.41 Å². The Kier molecular flexibility index (Phi) is 3.50. The second-order valence-electron chi connectivity index (χ2n) is 5.14. The monoisotopic (exact) mass is 224 g/mol. The van der Waals surface area contributed by atoms with Gasteiger partial charge in [-0.05, 0) is 43.4 Å². The third-order valence-corrected chi connectivity index (χ3v) is 4.00. The van der Waals surface area contributed by atoms with E-state index in [1.54, 1.807) is 5.54 Å². The van der Waals surface area contributed by atoms with Gasteiger partial charge in [-0.1, -0.05) is 44.0 Å². The molecule has 1 unspecified atom stereocenters. The van der Waals surface area contributed by atoms with Crippen LogP contribution in [0.1, 0.15) is 41.5 Å². The van der Waals surface area contributed by atoms with E-state index in [2.05, 4.69) is 47.6 Å². The van der Waals surface area contributed by atoms with Crippen molar-refractivity contribution in [1.29, 1.82) is 0 Å². The Hall–Kier alpha value is -0.490. The lowest BCUT2D eigenvalue weighted by Crippen LogP contribution is -2.33. The second-order valence-corrected chi connectivity index (χ2v) is 5.36. The van der Waals surface area contributed by atoms with Crippen LogP contribution in [0.5, 0.6) is 0 Å². The lowest BCUT2D eigenvalue weighted by atomic mass is 9.60. The minimum absolute atomic E-state index is 0.161. The highest BCUT2D eigenvalue weighted by Crippen LogP contribution is 2.52. The van der Waals surface area contributed by atoms with Gasteiger partial charge in [-0.2, -0.15) is 0 Å². The molecule has 0 N–H and O–H groups in total. The number of hydrogen-bond acceptors (Lipinski definition) is 0. The zero-order valence-electron chi connectivity index (χ0n) is 10.6. The van der Waals surface area contributed by atoms with Crippen LogP contribution < -0.4 is 0 Å². The van der Waals surface area contributed by atoms with Crippen molar-refractivity contribution in [2.45, 2.75) is 41.5 Å². The van der Waals surface area contributed by atoms with Gasteiger partial charge in [0.15, 0.2) is 0 Å². The Balaban J connectivity index is 3.15. The summed E-state index contributed by atoms with van der Waals surface area (Å²) in [6.07, 6.45) is 2.36. The van der Waals surface area contributed by atoms with E-state index in [9.17, 15) is 0 Å². The maximum atomic E-state index is 5.95. The van der Waals surface area contributed by atoms with Gasteiger partial charge in [-0.15, -0.1) is 0 Å². The van der Waals surface area contributed by atoms with Gasteiger partial charge in [-0.25, -0.2) is 0 Å². The number of halogens is 1. The molecule has 0 aliphatic heterocycles. The molecule has 0 amide bonds. The van der Waals surface area contributed by atoms with Crippen molar-refractivity contribution < 1.29 is 0 Å². The lowest BCUT2D eigenvalue weighted by Gasteiger charge is -2.43. The average molecular weight is 225 g/mol. The highest BCUT2D eigenvalue weighted by Gasteiger charge is 2.40. The maximum absolute atomic E-state index is 5.95. The van der Waals surface area contributed by atoms with E-state index in [1.807, 2.05) is 0 Å². The van der Waals surface area contributed by atoms with E-state index < -0.39 is 0 Å². The summed E-state index contributed by atoms with van der Waals surface area (Å²) in [6.45, 7) is 13.2. The van der Waals surface area contributed by atoms with E-state index >= 15 is 0 Å². The van der Waals surface area contributed by atoms with Gasteiger partial charge >= 0.3 is 0 Å². The summed E-state index contributed by atoms with van der Waals surface area (Å²) in [5.41, 5.74) is 7.26. The first-order valence-corrected chi connectivity index (χ1v) is 5.96. The Bertz CT molecular complexity index is 352. The van der Waals surface area contributed by atoms with Crippen LogP contribution in [-0.4, -0.2) is 0 Å². The number of rotatable bonds is 2. The quantitative estimate of drug-likeness (QED) is 0.615. The maximum Gasteiger partial charge on any atom is 0.0150 e. The Labute approximate surface area is 98.7 Å². The molecule has 0 saturated heterocycles. The van der Waals surface area contributed by atoms with E-state index in [4.69, 9.17) is 11.6 Å². The molecular weight excluding hydrogens is 204 g/mol. The zero-order valence-corrected chi connectivity index (χ0v) is 11.4. The van der Waals surface area contributed by atoms with Gasteiger partial charge in [0.1, 0.15) is 0 Å². The van der Waals surface area contributed by atoms with Gasteiger partial charge < -0.3 is 0 Å². The fraction of sp³-hybridized carbons (Fsp3) is 0.571. The van der Waals surface area contributed by atoms with Gasteiger partial charge in [-0.3, -0.25) is 0 Å². The van der Waals surface area contributed by atoms with Crippen LogP contribution in [0.15, 0.2) is 33.9 Å². The zero-order chi connectivity index (χ0) is 11.8. The summed E-state index contributed by atoms with van der Waals surface area (Å²) in [5.74, 6) is 0.594. The van der Waals surface area contributed by atoms with Crippen molar-refractivity contribution in [3.63, 3.8) is 0 Å². The SMILES string of the molecule is CC(C)=C(C)C1=CC(C)(C(C)C)/C1=C/Cl. The summed E-state index contributed by atoms with van der Waals surface area (Å²) < 4.78 is 0. The first-order chi connectivity index (χ1) is 6.84. The van der Waals surface area contributed by atoms with Crippen LogP contribution in [0.3, 0.4) is 0 Å². The topological polar surface area (TPSA) is 0 Å². The third-order valence-electron chi connectivity index (χ3n) is 3.78. The van der Waals surface area contributed by atoms with Gasteiger partial charge in [0.05, 0.1) is 0 Å². The van der Waals surface area contributed by atoms with Crippen molar-refractivity contribution in [2.24, 2.45) is 11.3 Å². The predicted octanol–water partition coefficient (Wildman–Crippen LogP) is 5.07. The van der Waals surface area contributed by atoms with Gasteiger partial charge in [0, 0.05) is 11.0 Å². The predicted molar refractivity (Wildman–Crippen MR) is 69.0 cm³/mol. The first kappa shape index (κ1) is 12.6. The van der Waals surface area contributed by atoms with Crippen LogP contribution >= 0.6 is 11.6 Å². The van der Waals surface area contributed by atoms with E-state index in [1.165, 1.54) is 22.3 Å². The van der Waals surface area contributed by atoms with Crippen molar-refractivity contribution in [3.8, 4) is 0 Å². The Morgan fingerprint density at radius 1 is 1.33 bits per heavy atom. The molecule has 0 heterocycles. The molecule has 0 fully saturated rings. The van der Waals surface area contributed by atoms with Crippen molar-refractivity contribution in [1.82, 2.24) is 0 Å². The van der Waals surface area contributed by atoms with Crippen molar-refractivity contribution >= 4 is 11.6 Å². The largest absolute Gasteiger partial charge is 0.0926 e. The molecule has 0 spiro atoms.